The van der Waals surface area contributed by atoms with Crippen LogP contribution in [0.2, 0.25) is 0 Å². The highest BCUT2D eigenvalue weighted by atomic mass is 32.1. The molecule has 10 rings (SSSR count). The minimum absolute atomic E-state index is 0.0362. The zero-order valence-corrected chi connectivity index (χ0v) is 51.2. The van der Waals surface area contributed by atoms with Crippen LogP contribution in [-0.2, 0) is 20.9 Å². The van der Waals surface area contributed by atoms with E-state index in [1.165, 1.54) is 53.1 Å². The third-order valence-electron chi connectivity index (χ3n) is 13.3. The second kappa shape index (κ2) is 31.8. The number of carbonyl (C=O) groups excluding carboxylic acids is 4. The Labute approximate surface area is 524 Å². The minimum atomic E-state index is -1.06. The molecule has 2 aliphatic rings. The number of carboxylic acids is 2. The smallest absolute Gasteiger partial charge is 0.408 e. The summed E-state index contributed by atoms with van der Waals surface area (Å²) in [6.45, 7) is 7.08. The monoisotopic (exact) mass is 1270 g/mol. The van der Waals surface area contributed by atoms with E-state index >= 15 is 0 Å². The number of amides is 5. The highest BCUT2D eigenvalue weighted by Crippen LogP contribution is 2.41. The summed E-state index contributed by atoms with van der Waals surface area (Å²) in [7, 11) is 0. The Morgan fingerprint density at radius 3 is 1.64 bits per heavy atom. The molecule has 0 saturated heterocycles. The third kappa shape index (κ3) is 20.7. The Hall–Kier alpha value is -9.28. The molecule has 23 nitrogen and oxygen atoms in total. The van der Waals surface area contributed by atoms with Gasteiger partial charge >= 0.3 is 30.1 Å². The van der Waals surface area contributed by atoms with E-state index in [9.17, 15) is 37.5 Å². The van der Waals surface area contributed by atoms with Crippen LogP contribution in [-0.4, -0.2) is 109 Å². The molecule has 2 fully saturated rings. The van der Waals surface area contributed by atoms with Crippen molar-refractivity contribution in [1.29, 1.82) is 0 Å². The van der Waals surface area contributed by atoms with Crippen LogP contribution >= 0.6 is 22.7 Å². The Kier molecular flexibility index (Phi) is 23.5. The van der Waals surface area contributed by atoms with Crippen LogP contribution in [0.3, 0.4) is 0 Å². The van der Waals surface area contributed by atoms with Crippen molar-refractivity contribution in [3.8, 4) is 44.1 Å². The number of carboxylic acid groups (broad SMARTS) is 2. The summed E-state index contributed by atoms with van der Waals surface area (Å²) in [5.41, 5.74) is 15.3. The number of hydrogen-bond donors (Lipinski definition) is 10. The summed E-state index contributed by atoms with van der Waals surface area (Å²) in [5.74, 6) is -2.20. The van der Waals surface area contributed by atoms with Crippen LogP contribution < -0.4 is 52.8 Å². The van der Waals surface area contributed by atoms with Crippen molar-refractivity contribution in [3.63, 3.8) is 0 Å². The zero-order chi connectivity index (χ0) is 64.3. The lowest BCUT2D eigenvalue weighted by Gasteiger charge is -2.21. The van der Waals surface area contributed by atoms with Gasteiger partial charge in [0, 0.05) is 84.6 Å². The van der Waals surface area contributed by atoms with Crippen molar-refractivity contribution >= 4 is 90.9 Å². The first-order valence-electron chi connectivity index (χ1n) is 29.1. The van der Waals surface area contributed by atoms with Crippen molar-refractivity contribution < 1.29 is 62.0 Å². The first kappa shape index (κ1) is 66.7. The maximum atomic E-state index is 14.8. The number of alkyl carbamates (subject to hydrolysis) is 1. The number of thiophene rings is 2. The number of halogens is 2. The molecule has 474 valence electrons. The number of carbonyl (C=O) groups is 6. The Bertz CT molecular complexity index is 3790. The fourth-order valence-electron chi connectivity index (χ4n) is 8.43. The number of urea groups is 2. The predicted molar refractivity (Wildman–Crippen MR) is 339 cm³/mol. The van der Waals surface area contributed by atoms with Gasteiger partial charge in [-0.25, -0.2) is 28.0 Å². The topological polar surface area (TPSA) is 346 Å². The number of anilines is 2. The van der Waals surface area contributed by atoms with Crippen LogP contribution in [0.5, 0.6) is 23.0 Å². The number of unbranched alkanes of at least 4 members (excludes halogenated alkanes) is 2. The SMILES string of the molecule is CC(C)(C)OC(=O)N[C@@H](CCCCN)C(=O)O.N[C@@H](CCCCNCc1ccc(-c2cc3nccc(Oc4ccc(NC(=O)NC5CC5)cc4F)c3s2)nc1)C(=O)O.O=Cc1ccc(-c2cc3nccc(Oc4ccc(NC(=O)NC5CC5)cc4F)c3s2)nc1. The number of aldehydes is 1. The van der Waals surface area contributed by atoms with E-state index < -0.39 is 47.4 Å². The number of nitrogens with zero attached hydrogens (tertiary/aromatic N) is 4. The van der Waals surface area contributed by atoms with Crippen LogP contribution in [0.4, 0.5) is 34.5 Å². The summed E-state index contributed by atoms with van der Waals surface area (Å²) in [6, 6.07) is 21.1. The number of fused-ring (bicyclic) bond motifs is 2. The number of hydrogen-bond acceptors (Lipinski definition) is 18. The number of benzene rings is 2. The van der Waals surface area contributed by atoms with E-state index in [1.807, 2.05) is 30.5 Å². The molecular weight excluding hydrogens is 1200 g/mol. The molecule has 2 saturated carbocycles. The molecule has 12 N–H and O–H groups in total. The van der Waals surface area contributed by atoms with Gasteiger partial charge in [0.1, 0.15) is 29.2 Å². The zero-order valence-electron chi connectivity index (χ0n) is 49.6. The van der Waals surface area contributed by atoms with Gasteiger partial charge in [0.25, 0.3) is 0 Å². The fourth-order valence-corrected chi connectivity index (χ4v) is 10.5. The molecule has 0 bridgehead atoms. The van der Waals surface area contributed by atoms with E-state index in [0.29, 0.717) is 77.5 Å². The summed E-state index contributed by atoms with van der Waals surface area (Å²) in [5, 5.41) is 34.3. The quantitative estimate of drug-likeness (QED) is 0.0188. The summed E-state index contributed by atoms with van der Waals surface area (Å²) in [4.78, 5) is 87.1. The van der Waals surface area contributed by atoms with E-state index in [0.717, 1.165) is 88.2 Å². The van der Waals surface area contributed by atoms with Crippen molar-refractivity contribution in [2.75, 3.05) is 23.7 Å². The van der Waals surface area contributed by atoms with E-state index in [2.05, 4.69) is 51.8 Å². The van der Waals surface area contributed by atoms with Crippen molar-refractivity contribution in [2.45, 2.75) is 121 Å². The Balaban J connectivity index is 0.000000189. The van der Waals surface area contributed by atoms with Gasteiger partial charge in [-0.3, -0.25) is 29.5 Å². The lowest BCUT2D eigenvalue weighted by Crippen LogP contribution is -2.43. The molecule has 8 aromatic rings. The highest BCUT2D eigenvalue weighted by molar-refractivity contribution is 7.23. The van der Waals surface area contributed by atoms with E-state index in [4.69, 9.17) is 35.9 Å². The lowest BCUT2D eigenvalue weighted by atomic mass is 10.1. The number of ether oxygens (including phenoxy) is 3. The standard InChI is InChI=1S/C29H31FN6O4S.C23H17FN4O3S.C11H22N2O4/c30-20-13-19(36-29(39)35-18-5-6-18)7-9-24(20)40-25-10-12-33-23-14-26(41-27(23)25)22-8-4-17(16-34-22)15-32-11-2-1-3-21(31)28(37)38;24-16-9-15(28-23(30)27-14-2-3-14)4-6-19(16)31-20-7-8-25-18-10-21(32-22(18)20)17-5-1-13(12-29)11-26-17;1-11(2,3)17-10(16)13-8(9(14)15)6-4-5-7-12/h4,7-10,12-14,16,18,21,32H,1-3,5-6,11,15,31H2,(H,37,38)(H2,35,36,39);1,4-12,14H,2-3H2,(H2,27,28,30);8H,4-7,12H2,1-3H3,(H,13,16)(H,14,15)/t21-;;8-/m0.0/s1. The molecular formula is C63H70F2N12O11S2. The number of aromatic nitrogens is 4. The first-order valence-corrected chi connectivity index (χ1v) is 30.7. The van der Waals surface area contributed by atoms with Crippen LogP contribution in [0, 0.1) is 11.6 Å². The Morgan fingerprint density at radius 1 is 0.667 bits per heavy atom. The van der Waals surface area contributed by atoms with Gasteiger partial charge in [-0.2, -0.15) is 0 Å². The average Bonchev–Trinajstić information content (AvgIpc) is 2.13. The van der Waals surface area contributed by atoms with E-state index in [-0.39, 0.29) is 35.6 Å². The molecule has 2 aromatic carbocycles. The fraction of sp³-hybridized carbons (Fsp3) is 0.333. The van der Waals surface area contributed by atoms with Crippen LogP contribution in [0.25, 0.3) is 41.6 Å². The molecule has 5 amide bonds. The van der Waals surface area contributed by atoms with E-state index in [1.54, 1.807) is 69.6 Å². The largest absolute Gasteiger partial charge is 0.480 e. The molecule has 6 heterocycles. The van der Waals surface area contributed by atoms with Crippen molar-refractivity contribution in [1.82, 2.24) is 41.2 Å². The number of nitrogens with one attached hydrogen (secondary N) is 6. The minimum Gasteiger partial charge on any atom is -0.480 e. The van der Waals surface area contributed by atoms with Gasteiger partial charge in [0.05, 0.1) is 41.6 Å². The second-order valence-corrected chi connectivity index (χ2v) is 24.2. The summed E-state index contributed by atoms with van der Waals surface area (Å²) in [6.07, 6.45) is 14.2. The van der Waals surface area contributed by atoms with Gasteiger partial charge in [-0.1, -0.05) is 12.5 Å². The summed E-state index contributed by atoms with van der Waals surface area (Å²) < 4.78 is 47.7. The van der Waals surface area contributed by atoms with Crippen molar-refractivity contribution in [2.24, 2.45) is 11.5 Å². The lowest BCUT2D eigenvalue weighted by molar-refractivity contribution is -0.140. The molecule has 0 spiro atoms. The molecule has 6 aromatic heterocycles. The molecule has 2 atom stereocenters. The molecule has 2 aliphatic carbocycles. The maximum absolute atomic E-state index is 14.8. The summed E-state index contributed by atoms with van der Waals surface area (Å²) >= 11 is 2.87. The molecule has 0 radical (unpaired) electrons. The third-order valence-corrected chi connectivity index (χ3v) is 15.7. The van der Waals surface area contributed by atoms with Crippen LogP contribution in [0.1, 0.15) is 101 Å². The molecule has 0 unspecified atom stereocenters. The average molecular weight is 1270 g/mol. The molecule has 0 aliphatic heterocycles. The van der Waals surface area contributed by atoms with Gasteiger partial charge in [0.2, 0.25) is 0 Å². The molecule has 90 heavy (non-hydrogen) atoms. The van der Waals surface area contributed by atoms with Crippen molar-refractivity contribution in [3.05, 3.63) is 132 Å². The highest BCUT2D eigenvalue weighted by Gasteiger charge is 2.26. The molecule has 27 heteroatoms. The Morgan fingerprint density at radius 2 is 1.20 bits per heavy atom. The number of aliphatic carboxylic acids is 2. The first-order chi connectivity index (χ1) is 43.2. The number of rotatable bonds is 25. The van der Waals surface area contributed by atoms with Crippen LogP contribution in [0.15, 0.2) is 110 Å². The second-order valence-electron chi connectivity index (χ2n) is 22.1. The van der Waals surface area contributed by atoms with Gasteiger partial charge in [-0.15, -0.1) is 22.7 Å². The maximum Gasteiger partial charge on any atom is 0.408 e. The predicted octanol–water partition coefficient (Wildman–Crippen LogP) is 11.7. The number of nitrogens with two attached hydrogens (primary N) is 2. The van der Waals surface area contributed by atoms with Gasteiger partial charge in [-0.05, 0) is 152 Å². The number of pyridine rings is 4. The normalized spacial score (nSPS) is 13.3. The van der Waals surface area contributed by atoms with Gasteiger partial charge < -0.3 is 67.8 Å². The van der Waals surface area contributed by atoms with Gasteiger partial charge in [0.15, 0.2) is 29.4 Å².